The monoisotopic (exact) mass is 227 g/mol. The molecule has 4 nitrogen and oxygen atoms in total. The zero-order valence-corrected chi connectivity index (χ0v) is 9.35. The Labute approximate surface area is 98.3 Å². The van der Waals surface area contributed by atoms with Crippen LogP contribution in [0.4, 0.5) is 0 Å². The van der Waals surface area contributed by atoms with Gasteiger partial charge in [0.05, 0.1) is 22.7 Å². The normalized spacial score (nSPS) is 11.4. The summed E-state index contributed by atoms with van der Waals surface area (Å²) in [7, 11) is 0. The molecule has 0 saturated carbocycles. The lowest BCUT2D eigenvalue weighted by atomic mass is 10.2. The molecule has 2 aromatic heterocycles. The molecule has 3 aromatic rings. The molecule has 0 unspecified atom stereocenters. The Morgan fingerprint density at radius 1 is 1.24 bits per heavy atom. The summed E-state index contributed by atoms with van der Waals surface area (Å²) in [4.78, 5) is 12.2. The molecular formula is C13H13N3O. The van der Waals surface area contributed by atoms with Gasteiger partial charge in [0.25, 0.3) is 0 Å². The fourth-order valence-electron chi connectivity index (χ4n) is 2.02. The summed E-state index contributed by atoms with van der Waals surface area (Å²) < 4.78 is 0. The molecule has 0 atom stereocenters. The van der Waals surface area contributed by atoms with Crippen LogP contribution in [0.5, 0.6) is 0 Å². The number of nitrogens with one attached hydrogen (secondary N) is 1. The van der Waals surface area contributed by atoms with Crippen molar-refractivity contribution in [1.82, 2.24) is 15.0 Å². The summed E-state index contributed by atoms with van der Waals surface area (Å²) in [5.41, 5.74) is 2.88. The Balaban J connectivity index is 2.17. The van der Waals surface area contributed by atoms with E-state index in [9.17, 15) is 0 Å². The molecule has 0 aliphatic rings. The van der Waals surface area contributed by atoms with Gasteiger partial charge in [-0.1, -0.05) is 18.2 Å². The second-order valence-corrected chi connectivity index (χ2v) is 4.05. The number of para-hydroxylation sites is 1. The van der Waals surface area contributed by atoms with Gasteiger partial charge in [-0.05, 0) is 12.5 Å². The van der Waals surface area contributed by atoms with Crippen molar-refractivity contribution in [3.8, 4) is 0 Å². The summed E-state index contributed by atoms with van der Waals surface area (Å²) in [6, 6.07) is 7.98. The van der Waals surface area contributed by atoms with Gasteiger partial charge in [-0.15, -0.1) is 0 Å². The van der Waals surface area contributed by atoms with Crippen molar-refractivity contribution in [1.29, 1.82) is 0 Å². The zero-order valence-electron chi connectivity index (χ0n) is 9.35. The van der Waals surface area contributed by atoms with Crippen molar-refractivity contribution in [2.75, 3.05) is 6.61 Å². The van der Waals surface area contributed by atoms with E-state index in [0.29, 0.717) is 0 Å². The average Bonchev–Trinajstić information content (AvgIpc) is 2.79. The second kappa shape index (κ2) is 4.14. The van der Waals surface area contributed by atoms with Crippen LogP contribution in [0.3, 0.4) is 0 Å². The van der Waals surface area contributed by atoms with E-state index in [1.165, 1.54) is 0 Å². The van der Waals surface area contributed by atoms with Gasteiger partial charge in [0.1, 0.15) is 5.82 Å². The molecular weight excluding hydrogens is 214 g/mol. The Hall–Kier alpha value is -1.94. The predicted molar refractivity (Wildman–Crippen MR) is 66.8 cm³/mol. The number of benzene rings is 1. The standard InChI is InChI=1S/C13H13N3O/c17-7-3-6-12-15-11-8-14-10-5-2-1-4-9(10)13(11)16-12/h1-2,4-5,8,17H,3,6-7H2,(H,15,16). The SMILES string of the molecule is OCCCc1nc2c(cnc3ccccc32)[nH]1. The van der Waals surface area contributed by atoms with E-state index in [-0.39, 0.29) is 6.61 Å². The van der Waals surface area contributed by atoms with E-state index in [4.69, 9.17) is 5.11 Å². The van der Waals surface area contributed by atoms with Crippen molar-refractivity contribution in [2.45, 2.75) is 12.8 Å². The molecule has 0 radical (unpaired) electrons. The van der Waals surface area contributed by atoms with Crippen molar-refractivity contribution in [3.05, 3.63) is 36.3 Å². The van der Waals surface area contributed by atoms with E-state index >= 15 is 0 Å². The Morgan fingerprint density at radius 2 is 2.12 bits per heavy atom. The topological polar surface area (TPSA) is 61.8 Å². The first-order valence-corrected chi connectivity index (χ1v) is 5.71. The first kappa shape index (κ1) is 10.2. The van der Waals surface area contributed by atoms with Gasteiger partial charge in [0.15, 0.2) is 0 Å². The molecule has 86 valence electrons. The predicted octanol–water partition coefficient (Wildman–Crippen LogP) is 2.04. The number of aryl methyl sites for hydroxylation is 1. The number of nitrogens with zero attached hydrogens (tertiary/aromatic N) is 2. The van der Waals surface area contributed by atoms with Gasteiger partial charge in [-0.2, -0.15) is 0 Å². The smallest absolute Gasteiger partial charge is 0.107 e. The Bertz CT molecular complexity index is 660. The van der Waals surface area contributed by atoms with Gasteiger partial charge >= 0.3 is 0 Å². The number of imidazole rings is 1. The lowest BCUT2D eigenvalue weighted by molar-refractivity contribution is 0.287. The maximum absolute atomic E-state index is 8.82. The lowest BCUT2D eigenvalue weighted by Gasteiger charge is -1.95. The first-order chi connectivity index (χ1) is 8.38. The molecule has 17 heavy (non-hydrogen) atoms. The number of H-pyrrole nitrogens is 1. The van der Waals surface area contributed by atoms with Crippen molar-refractivity contribution >= 4 is 21.9 Å². The third kappa shape index (κ3) is 1.76. The van der Waals surface area contributed by atoms with E-state index in [1.807, 2.05) is 30.5 Å². The minimum Gasteiger partial charge on any atom is -0.396 e. The lowest BCUT2D eigenvalue weighted by Crippen LogP contribution is -1.90. The van der Waals surface area contributed by atoms with Crippen LogP contribution in [0.2, 0.25) is 0 Å². The zero-order chi connectivity index (χ0) is 11.7. The summed E-state index contributed by atoms with van der Waals surface area (Å²) >= 11 is 0. The second-order valence-electron chi connectivity index (χ2n) is 4.05. The number of aromatic nitrogens is 3. The Kier molecular flexibility index (Phi) is 2.49. The number of aliphatic hydroxyl groups excluding tert-OH is 1. The number of pyridine rings is 1. The number of fused-ring (bicyclic) bond motifs is 3. The van der Waals surface area contributed by atoms with Gasteiger partial charge < -0.3 is 10.1 Å². The quantitative estimate of drug-likeness (QED) is 0.719. The van der Waals surface area contributed by atoms with Crippen LogP contribution in [0, 0.1) is 0 Å². The molecule has 1 aromatic carbocycles. The summed E-state index contributed by atoms with van der Waals surface area (Å²) in [5, 5.41) is 9.89. The molecule has 0 fully saturated rings. The van der Waals surface area contributed by atoms with Gasteiger partial charge in [0, 0.05) is 18.4 Å². The molecule has 2 N–H and O–H groups in total. The summed E-state index contributed by atoms with van der Waals surface area (Å²) in [5.74, 6) is 0.909. The maximum atomic E-state index is 8.82. The molecule has 3 rings (SSSR count). The van der Waals surface area contributed by atoms with E-state index in [0.717, 1.165) is 40.6 Å². The number of aromatic amines is 1. The molecule has 2 heterocycles. The summed E-state index contributed by atoms with van der Waals surface area (Å²) in [6.45, 7) is 0.191. The minimum absolute atomic E-state index is 0.191. The fraction of sp³-hybridized carbons (Fsp3) is 0.231. The highest BCUT2D eigenvalue weighted by Gasteiger charge is 2.06. The fourth-order valence-corrected chi connectivity index (χ4v) is 2.02. The van der Waals surface area contributed by atoms with E-state index < -0.39 is 0 Å². The van der Waals surface area contributed by atoms with Gasteiger partial charge in [0.2, 0.25) is 0 Å². The van der Waals surface area contributed by atoms with Crippen LogP contribution in [0.25, 0.3) is 21.9 Å². The van der Waals surface area contributed by atoms with Crippen molar-refractivity contribution in [3.63, 3.8) is 0 Å². The molecule has 0 saturated heterocycles. The van der Waals surface area contributed by atoms with E-state index in [2.05, 4.69) is 15.0 Å². The number of aliphatic hydroxyl groups is 1. The minimum atomic E-state index is 0.191. The number of hydrogen-bond donors (Lipinski definition) is 2. The highest BCUT2D eigenvalue weighted by molar-refractivity contribution is 6.01. The van der Waals surface area contributed by atoms with Gasteiger partial charge in [-0.3, -0.25) is 4.98 Å². The Morgan fingerprint density at radius 3 is 3.00 bits per heavy atom. The molecule has 4 heteroatoms. The van der Waals surface area contributed by atoms with Crippen LogP contribution >= 0.6 is 0 Å². The molecule has 0 aliphatic heterocycles. The van der Waals surface area contributed by atoms with Crippen molar-refractivity contribution in [2.24, 2.45) is 0 Å². The number of hydrogen-bond acceptors (Lipinski definition) is 3. The third-order valence-corrected chi connectivity index (χ3v) is 2.84. The molecule has 0 amide bonds. The molecule has 0 spiro atoms. The van der Waals surface area contributed by atoms with Crippen LogP contribution in [-0.2, 0) is 6.42 Å². The van der Waals surface area contributed by atoms with Crippen LogP contribution in [0.15, 0.2) is 30.5 Å². The summed E-state index contributed by atoms with van der Waals surface area (Å²) in [6.07, 6.45) is 3.30. The molecule has 0 aliphatic carbocycles. The number of rotatable bonds is 3. The highest BCUT2D eigenvalue weighted by atomic mass is 16.2. The largest absolute Gasteiger partial charge is 0.396 e. The molecule has 0 bridgehead atoms. The average molecular weight is 227 g/mol. The van der Waals surface area contributed by atoms with Gasteiger partial charge in [-0.25, -0.2) is 4.98 Å². The highest BCUT2D eigenvalue weighted by Crippen LogP contribution is 2.21. The van der Waals surface area contributed by atoms with Crippen LogP contribution in [0.1, 0.15) is 12.2 Å². The third-order valence-electron chi connectivity index (χ3n) is 2.84. The van der Waals surface area contributed by atoms with Crippen LogP contribution < -0.4 is 0 Å². The van der Waals surface area contributed by atoms with Crippen molar-refractivity contribution < 1.29 is 5.11 Å². The van der Waals surface area contributed by atoms with E-state index in [1.54, 1.807) is 0 Å². The van der Waals surface area contributed by atoms with Crippen LogP contribution in [-0.4, -0.2) is 26.7 Å². The maximum Gasteiger partial charge on any atom is 0.107 e. The first-order valence-electron chi connectivity index (χ1n) is 5.71.